The molecule has 0 fully saturated rings. The molecule has 2 aromatic rings. The highest BCUT2D eigenvalue weighted by molar-refractivity contribution is 5.95. The Kier molecular flexibility index (Phi) is 2.87. The quantitative estimate of drug-likeness (QED) is 0.851. The number of aryl methyl sites for hydroxylation is 2. The van der Waals surface area contributed by atoms with E-state index in [0.717, 1.165) is 22.5 Å². The largest absolute Gasteiger partial charge is 0.366 e. The number of primary amides is 1. The molecular formula is C13H13N3O. The SMILES string of the molecule is Cc1cncc(-c2ccc(C)c(C(N)=O)c2)n1. The molecule has 0 aliphatic carbocycles. The van der Waals surface area contributed by atoms with Crippen LogP contribution in [0.2, 0.25) is 0 Å². The van der Waals surface area contributed by atoms with Crippen LogP contribution in [0, 0.1) is 13.8 Å². The minimum Gasteiger partial charge on any atom is -0.366 e. The number of carbonyl (C=O) groups is 1. The fraction of sp³-hybridized carbons (Fsp3) is 0.154. The first-order valence-electron chi connectivity index (χ1n) is 5.27. The second kappa shape index (κ2) is 4.33. The Bertz CT molecular complexity index is 579. The third-order valence-corrected chi connectivity index (χ3v) is 2.55. The molecule has 1 amide bonds. The Morgan fingerprint density at radius 1 is 1.24 bits per heavy atom. The van der Waals surface area contributed by atoms with Crippen molar-refractivity contribution in [2.24, 2.45) is 5.73 Å². The van der Waals surface area contributed by atoms with E-state index in [4.69, 9.17) is 5.73 Å². The monoisotopic (exact) mass is 227 g/mol. The third kappa shape index (κ3) is 2.30. The Morgan fingerprint density at radius 3 is 2.65 bits per heavy atom. The molecule has 0 aliphatic heterocycles. The van der Waals surface area contributed by atoms with Gasteiger partial charge < -0.3 is 5.73 Å². The second-order valence-electron chi connectivity index (χ2n) is 3.94. The van der Waals surface area contributed by atoms with Crippen LogP contribution in [-0.4, -0.2) is 15.9 Å². The fourth-order valence-electron chi connectivity index (χ4n) is 1.65. The third-order valence-electron chi connectivity index (χ3n) is 2.55. The molecule has 0 bridgehead atoms. The number of hydrogen-bond acceptors (Lipinski definition) is 3. The number of carbonyl (C=O) groups excluding carboxylic acids is 1. The molecular weight excluding hydrogens is 214 g/mol. The fourth-order valence-corrected chi connectivity index (χ4v) is 1.65. The zero-order valence-corrected chi connectivity index (χ0v) is 9.77. The molecule has 0 radical (unpaired) electrons. The van der Waals surface area contributed by atoms with Crippen molar-refractivity contribution in [2.45, 2.75) is 13.8 Å². The van der Waals surface area contributed by atoms with Crippen LogP contribution < -0.4 is 5.73 Å². The van der Waals surface area contributed by atoms with Gasteiger partial charge in [-0.05, 0) is 25.5 Å². The standard InChI is InChI=1S/C13H13N3O/c1-8-3-4-10(5-11(8)13(14)17)12-7-15-6-9(2)16-12/h3-7H,1-2H3,(H2,14,17). The predicted molar refractivity (Wildman–Crippen MR) is 65.5 cm³/mol. The number of benzene rings is 1. The van der Waals surface area contributed by atoms with Gasteiger partial charge in [0.2, 0.25) is 5.91 Å². The van der Waals surface area contributed by atoms with E-state index in [1.807, 2.05) is 26.0 Å². The molecule has 4 heteroatoms. The summed E-state index contributed by atoms with van der Waals surface area (Å²) in [6.07, 6.45) is 3.36. The van der Waals surface area contributed by atoms with E-state index in [1.165, 1.54) is 0 Å². The van der Waals surface area contributed by atoms with Crippen LogP contribution in [0.1, 0.15) is 21.6 Å². The molecule has 4 nitrogen and oxygen atoms in total. The summed E-state index contributed by atoms with van der Waals surface area (Å²) in [5.74, 6) is -0.426. The summed E-state index contributed by atoms with van der Waals surface area (Å²) in [7, 11) is 0. The van der Waals surface area contributed by atoms with E-state index in [0.29, 0.717) is 5.56 Å². The Morgan fingerprint density at radius 2 is 2.00 bits per heavy atom. The number of hydrogen-bond donors (Lipinski definition) is 1. The summed E-state index contributed by atoms with van der Waals surface area (Å²) < 4.78 is 0. The van der Waals surface area contributed by atoms with Gasteiger partial charge in [-0.25, -0.2) is 4.98 Å². The van der Waals surface area contributed by atoms with Gasteiger partial charge >= 0.3 is 0 Å². The minimum atomic E-state index is -0.426. The summed E-state index contributed by atoms with van der Waals surface area (Å²) in [5.41, 5.74) is 9.13. The molecule has 0 atom stereocenters. The van der Waals surface area contributed by atoms with Crippen molar-refractivity contribution in [3.8, 4) is 11.3 Å². The molecule has 2 rings (SSSR count). The lowest BCUT2D eigenvalue weighted by Gasteiger charge is -2.06. The lowest BCUT2D eigenvalue weighted by Crippen LogP contribution is -2.12. The molecule has 0 unspecified atom stereocenters. The van der Waals surface area contributed by atoms with E-state index in [-0.39, 0.29) is 0 Å². The van der Waals surface area contributed by atoms with Crippen LogP contribution in [0.15, 0.2) is 30.6 Å². The van der Waals surface area contributed by atoms with E-state index in [2.05, 4.69) is 9.97 Å². The maximum absolute atomic E-state index is 11.3. The zero-order chi connectivity index (χ0) is 12.4. The van der Waals surface area contributed by atoms with Gasteiger partial charge in [0.1, 0.15) is 0 Å². The average Bonchev–Trinajstić information content (AvgIpc) is 2.29. The van der Waals surface area contributed by atoms with E-state index in [9.17, 15) is 4.79 Å². The van der Waals surface area contributed by atoms with Gasteiger partial charge in [-0.3, -0.25) is 9.78 Å². The maximum atomic E-state index is 11.3. The zero-order valence-electron chi connectivity index (χ0n) is 9.77. The van der Waals surface area contributed by atoms with Crippen LogP contribution in [0.25, 0.3) is 11.3 Å². The first kappa shape index (κ1) is 11.3. The molecule has 0 saturated heterocycles. The van der Waals surface area contributed by atoms with Crippen molar-refractivity contribution >= 4 is 5.91 Å². The molecule has 0 saturated carbocycles. The highest BCUT2D eigenvalue weighted by atomic mass is 16.1. The first-order valence-corrected chi connectivity index (χ1v) is 5.27. The lowest BCUT2D eigenvalue weighted by molar-refractivity contribution is 0.1000. The number of amides is 1. The molecule has 86 valence electrons. The van der Waals surface area contributed by atoms with Gasteiger partial charge in [0, 0.05) is 17.3 Å². The van der Waals surface area contributed by atoms with Crippen LogP contribution in [0.4, 0.5) is 0 Å². The summed E-state index contributed by atoms with van der Waals surface area (Å²) in [5, 5.41) is 0. The predicted octanol–water partition coefficient (Wildman–Crippen LogP) is 1.86. The summed E-state index contributed by atoms with van der Waals surface area (Å²) >= 11 is 0. The van der Waals surface area contributed by atoms with Crippen molar-refractivity contribution in [1.29, 1.82) is 0 Å². The first-order chi connectivity index (χ1) is 8.08. The van der Waals surface area contributed by atoms with Gasteiger partial charge in [-0.1, -0.05) is 12.1 Å². The molecule has 0 aliphatic rings. The van der Waals surface area contributed by atoms with Crippen molar-refractivity contribution < 1.29 is 4.79 Å². The summed E-state index contributed by atoms with van der Waals surface area (Å²) in [6, 6.07) is 5.52. The van der Waals surface area contributed by atoms with Crippen molar-refractivity contribution in [2.75, 3.05) is 0 Å². The van der Waals surface area contributed by atoms with Crippen LogP contribution >= 0.6 is 0 Å². The number of nitrogens with zero attached hydrogens (tertiary/aromatic N) is 2. The summed E-state index contributed by atoms with van der Waals surface area (Å²) in [4.78, 5) is 19.7. The maximum Gasteiger partial charge on any atom is 0.248 e. The highest BCUT2D eigenvalue weighted by Gasteiger charge is 2.08. The molecule has 2 N–H and O–H groups in total. The molecule has 1 aromatic heterocycles. The Hall–Kier alpha value is -2.23. The molecule has 1 heterocycles. The van der Waals surface area contributed by atoms with Gasteiger partial charge in [0.05, 0.1) is 17.6 Å². The van der Waals surface area contributed by atoms with Crippen molar-refractivity contribution in [3.63, 3.8) is 0 Å². The van der Waals surface area contributed by atoms with Gasteiger partial charge in [0.25, 0.3) is 0 Å². The van der Waals surface area contributed by atoms with E-state index < -0.39 is 5.91 Å². The topological polar surface area (TPSA) is 68.9 Å². The van der Waals surface area contributed by atoms with Gasteiger partial charge in [-0.2, -0.15) is 0 Å². The Labute approximate surface area is 99.5 Å². The number of nitrogens with two attached hydrogens (primary N) is 1. The van der Waals surface area contributed by atoms with Gasteiger partial charge in [-0.15, -0.1) is 0 Å². The van der Waals surface area contributed by atoms with E-state index in [1.54, 1.807) is 18.5 Å². The smallest absolute Gasteiger partial charge is 0.248 e. The minimum absolute atomic E-state index is 0.426. The average molecular weight is 227 g/mol. The Balaban J connectivity index is 2.54. The van der Waals surface area contributed by atoms with Crippen molar-refractivity contribution in [1.82, 2.24) is 9.97 Å². The lowest BCUT2D eigenvalue weighted by atomic mass is 10.0. The second-order valence-corrected chi connectivity index (χ2v) is 3.94. The van der Waals surface area contributed by atoms with Gasteiger partial charge in [0.15, 0.2) is 0 Å². The van der Waals surface area contributed by atoms with Crippen LogP contribution in [0.3, 0.4) is 0 Å². The normalized spacial score (nSPS) is 10.2. The van der Waals surface area contributed by atoms with Crippen molar-refractivity contribution in [3.05, 3.63) is 47.4 Å². The van der Waals surface area contributed by atoms with E-state index >= 15 is 0 Å². The molecule has 17 heavy (non-hydrogen) atoms. The van der Waals surface area contributed by atoms with Crippen LogP contribution in [-0.2, 0) is 0 Å². The molecule has 0 spiro atoms. The highest BCUT2D eigenvalue weighted by Crippen LogP contribution is 2.20. The summed E-state index contributed by atoms with van der Waals surface area (Å²) in [6.45, 7) is 3.73. The number of aromatic nitrogens is 2. The molecule has 1 aromatic carbocycles. The number of rotatable bonds is 2. The van der Waals surface area contributed by atoms with Crippen LogP contribution in [0.5, 0.6) is 0 Å².